The van der Waals surface area contributed by atoms with Crippen molar-refractivity contribution < 1.29 is 28.4 Å². The molecule has 2 aromatic carbocycles. The lowest BCUT2D eigenvalue weighted by Gasteiger charge is -2.17. The van der Waals surface area contributed by atoms with Crippen LogP contribution in [0.1, 0.15) is 17.5 Å². The highest BCUT2D eigenvalue weighted by molar-refractivity contribution is 5.47. The van der Waals surface area contributed by atoms with Crippen molar-refractivity contribution in [3.8, 4) is 23.0 Å². The number of ether oxygens (including phenoxy) is 6. The minimum atomic E-state index is 0.486. The standard InChI is InChI=1S/C23H30O6/c1-24-20-8-4-10-22-18(20)6-3-7-19-21(25-2)9-5-11-23(19)29-17-15-27-13-12-26-14-16-28-22/h4-5,8-11H,3,6-7,12-17H2,1-2H3. The summed E-state index contributed by atoms with van der Waals surface area (Å²) in [6.45, 7) is 3.05. The molecule has 0 aromatic heterocycles. The zero-order valence-corrected chi connectivity index (χ0v) is 17.3. The van der Waals surface area contributed by atoms with Gasteiger partial charge in [0.05, 0.1) is 40.6 Å². The van der Waals surface area contributed by atoms with E-state index >= 15 is 0 Å². The van der Waals surface area contributed by atoms with Crippen molar-refractivity contribution in [1.29, 1.82) is 0 Å². The molecular weight excluding hydrogens is 372 g/mol. The van der Waals surface area contributed by atoms with E-state index in [0.29, 0.717) is 39.6 Å². The van der Waals surface area contributed by atoms with Crippen molar-refractivity contribution in [2.45, 2.75) is 19.3 Å². The molecule has 0 fully saturated rings. The minimum absolute atomic E-state index is 0.486. The topological polar surface area (TPSA) is 55.4 Å². The maximum Gasteiger partial charge on any atom is 0.126 e. The van der Waals surface area contributed by atoms with Crippen LogP contribution in [0.5, 0.6) is 23.0 Å². The first-order chi connectivity index (χ1) is 14.3. The number of hydrogen-bond acceptors (Lipinski definition) is 6. The van der Waals surface area contributed by atoms with Crippen LogP contribution in [-0.2, 0) is 22.3 Å². The lowest BCUT2D eigenvalue weighted by molar-refractivity contribution is 0.0272. The fourth-order valence-corrected chi connectivity index (χ4v) is 3.42. The molecule has 0 saturated carbocycles. The lowest BCUT2D eigenvalue weighted by Crippen LogP contribution is -2.14. The van der Waals surface area contributed by atoms with Crippen LogP contribution in [0.3, 0.4) is 0 Å². The molecular formula is C23H30O6. The molecule has 2 aromatic rings. The van der Waals surface area contributed by atoms with Crippen LogP contribution in [-0.4, -0.2) is 53.9 Å². The zero-order chi connectivity index (χ0) is 20.3. The average molecular weight is 402 g/mol. The van der Waals surface area contributed by atoms with E-state index in [2.05, 4.69) is 0 Å². The number of methoxy groups -OCH3 is 2. The molecule has 158 valence electrons. The molecule has 0 amide bonds. The van der Waals surface area contributed by atoms with Gasteiger partial charge >= 0.3 is 0 Å². The molecule has 3 rings (SSSR count). The second-order valence-electron chi connectivity index (χ2n) is 6.65. The zero-order valence-electron chi connectivity index (χ0n) is 17.3. The molecule has 6 nitrogen and oxygen atoms in total. The Kier molecular flexibility index (Phi) is 8.46. The van der Waals surface area contributed by atoms with Gasteiger partial charge in [0, 0.05) is 11.1 Å². The highest BCUT2D eigenvalue weighted by atomic mass is 16.6. The molecule has 0 N–H and O–H groups in total. The maximum absolute atomic E-state index is 5.97. The van der Waals surface area contributed by atoms with Crippen LogP contribution in [0.4, 0.5) is 0 Å². The summed E-state index contributed by atoms with van der Waals surface area (Å²) in [5, 5.41) is 0. The third-order valence-corrected chi connectivity index (χ3v) is 4.82. The molecule has 29 heavy (non-hydrogen) atoms. The first-order valence-electron chi connectivity index (χ1n) is 10.1. The Balaban J connectivity index is 1.81. The summed E-state index contributed by atoms with van der Waals surface area (Å²) >= 11 is 0. The highest BCUT2D eigenvalue weighted by Gasteiger charge is 2.14. The van der Waals surface area contributed by atoms with Gasteiger partial charge in [-0.25, -0.2) is 0 Å². The average Bonchev–Trinajstić information content (AvgIpc) is 2.75. The lowest BCUT2D eigenvalue weighted by atomic mass is 10.0. The Labute approximate surface area is 172 Å². The third-order valence-electron chi connectivity index (χ3n) is 4.82. The van der Waals surface area contributed by atoms with Crippen LogP contribution in [0.25, 0.3) is 0 Å². The van der Waals surface area contributed by atoms with E-state index in [1.165, 1.54) is 0 Å². The van der Waals surface area contributed by atoms with Crippen LogP contribution in [0.2, 0.25) is 0 Å². The van der Waals surface area contributed by atoms with Gasteiger partial charge in [0.2, 0.25) is 0 Å². The van der Waals surface area contributed by atoms with Gasteiger partial charge < -0.3 is 28.4 Å². The molecule has 1 heterocycles. The van der Waals surface area contributed by atoms with Crippen LogP contribution >= 0.6 is 0 Å². The summed E-state index contributed by atoms with van der Waals surface area (Å²) < 4.78 is 34.3. The summed E-state index contributed by atoms with van der Waals surface area (Å²) in [5.74, 6) is 3.35. The summed E-state index contributed by atoms with van der Waals surface area (Å²) in [4.78, 5) is 0. The quantitative estimate of drug-likeness (QED) is 0.764. The Hall–Kier alpha value is -2.44. The van der Waals surface area contributed by atoms with E-state index in [0.717, 1.165) is 53.4 Å². The number of hydrogen-bond donors (Lipinski definition) is 0. The SMILES string of the molecule is COc1cccc2c1CCCc1c(OC)cccc1OCCOCCOCCO2. The molecule has 6 heteroatoms. The summed E-state index contributed by atoms with van der Waals surface area (Å²) in [6, 6.07) is 11.8. The Morgan fingerprint density at radius 2 is 1.07 bits per heavy atom. The summed E-state index contributed by atoms with van der Waals surface area (Å²) in [6.07, 6.45) is 2.54. The Morgan fingerprint density at radius 1 is 0.621 bits per heavy atom. The number of benzene rings is 2. The molecule has 0 aliphatic carbocycles. The van der Waals surface area contributed by atoms with Gasteiger partial charge in [-0.1, -0.05) is 12.1 Å². The van der Waals surface area contributed by atoms with Gasteiger partial charge in [0.1, 0.15) is 36.2 Å². The first-order valence-corrected chi connectivity index (χ1v) is 10.1. The number of rotatable bonds is 2. The fourth-order valence-electron chi connectivity index (χ4n) is 3.42. The number of fused-ring (bicyclic) bond motifs is 2. The van der Waals surface area contributed by atoms with Gasteiger partial charge in [0.25, 0.3) is 0 Å². The molecule has 1 aliphatic rings. The van der Waals surface area contributed by atoms with Gasteiger partial charge in [-0.2, -0.15) is 0 Å². The summed E-state index contributed by atoms with van der Waals surface area (Å²) in [7, 11) is 3.38. The molecule has 0 spiro atoms. The second-order valence-corrected chi connectivity index (χ2v) is 6.65. The molecule has 0 unspecified atom stereocenters. The molecule has 0 bridgehead atoms. The Morgan fingerprint density at radius 3 is 1.52 bits per heavy atom. The fraction of sp³-hybridized carbons (Fsp3) is 0.478. The Bertz CT molecular complexity index is 698. The summed E-state index contributed by atoms with van der Waals surface area (Å²) in [5.41, 5.74) is 2.14. The predicted octanol–water partition coefficient (Wildman–Crippen LogP) is 3.68. The second kappa shape index (κ2) is 11.5. The van der Waals surface area contributed by atoms with E-state index < -0.39 is 0 Å². The van der Waals surface area contributed by atoms with Crippen LogP contribution in [0, 0.1) is 0 Å². The first kappa shape index (κ1) is 21.3. The molecule has 1 aliphatic heterocycles. The van der Waals surface area contributed by atoms with Crippen molar-refractivity contribution in [3.05, 3.63) is 47.5 Å². The van der Waals surface area contributed by atoms with Crippen molar-refractivity contribution in [1.82, 2.24) is 0 Å². The minimum Gasteiger partial charge on any atom is -0.496 e. The smallest absolute Gasteiger partial charge is 0.126 e. The van der Waals surface area contributed by atoms with Crippen molar-refractivity contribution in [3.63, 3.8) is 0 Å². The van der Waals surface area contributed by atoms with Crippen LogP contribution < -0.4 is 18.9 Å². The molecule has 0 atom stereocenters. The van der Waals surface area contributed by atoms with E-state index in [-0.39, 0.29) is 0 Å². The molecule has 0 saturated heterocycles. The predicted molar refractivity (Wildman–Crippen MR) is 111 cm³/mol. The molecule has 0 radical (unpaired) electrons. The van der Waals surface area contributed by atoms with Gasteiger partial charge in [0.15, 0.2) is 0 Å². The van der Waals surface area contributed by atoms with Crippen LogP contribution in [0.15, 0.2) is 36.4 Å². The largest absolute Gasteiger partial charge is 0.496 e. The van der Waals surface area contributed by atoms with Gasteiger partial charge in [-0.3, -0.25) is 0 Å². The van der Waals surface area contributed by atoms with E-state index in [9.17, 15) is 0 Å². The normalized spacial score (nSPS) is 16.3. The van der Waals surface area contributed by atoms with Crippen molar-refractivity contribution in [2.24, 2.45) is 0 Å². The monoisotopic (exact) mass is 402 g/mol. The highest BCUT2D eigenvalue weighted by Crippen LogP contribution is 2.33. The van der Waals surface area contributed by atoms with Crippen molar-refractivity contribution in [2.75, 3.05) is 53.9 Å². The van der Waals surface area contributed by atoms with E-state index in [1.807, 2.05) is 36.4 Å². The van der Waals surface area contributed by atoms with Gasteiger partial charge in [-0.15, -0.1) is 0 Å². The maximum atomic E-state index is 5.97. The third kappa shape index (κ3) is 6.02. The van der Waals surface area contributed by atoms with E-state index in [1.54, 1.807) is 14.2 Å². The van der Waals surface area contributed by atoms with E-state index in [4.69, 9.17) is 28.4 Å². The van der Waals surface area contributed by atoms with Gasteiger partial charge in [-0.05, 0) is 43.5 Å². The van der Waals surface area contributed by atoms with Crippen molar-refractivity contribution >= 4 is 0 Å².